The van der Waals surface area contributed by atoms with Crippen molar-refractivity contribution >= 4 is 24.8 Å². The molecule has 0 aromatic rings. The minimum Gasteiger partial charge on any atom is -0.330 e. The topological polar surface area (TPSA) is 38.0 Å². The van der Waals surface area contributed by atoms with Gasteiger partial charge >= 0.3 is 0 Å². The number of nitrogens with two attached hydrogens (primary N) is 1. The fraction of sp³-hybridized carbons (Fsp3) is 1.00. The molecule has 4 heteroatoms. The van der Waals surface area contributed by atoms with Crippen molar-refractivity contribution in [1.82, 2.24) is 5.32 Å². The predicted molar refractivity (Wildman–Crippen MR) is 51.3 cm³/mol. The highest BCUT2D eigenvalue weighted by Gasteiger charge is 1.82. The van der Waals surface area contributed by atoms with Gasteiger partial charge in [-0.05, 0) is 33.0 Å². The van der Waals surface area contributed by atoms with Crippen LogP contribution in [0.2, 0.25) is 0 Å². The van der Waals surface area contributed by atoms with Crippen LogP contribution < -0.4 is 11.1 Å². The molecule has 0 aliphatic rings. The maximum absolute atomic E-state index is 5.29. The van der Waals surface area contributed by atoms with E-state index in [1.54, 1.807) is 0 Å². The van der Waals surface area contributed by atoms with Crippen molar-refractivity contribution in [2.45, 2.75) is 19.3 Å². The van der Waals surface area contributed by atoms with Gasteiger partial charge in [-0.2, -0.15) is 0 Å². The quantitative estimate of drug-likeness (QED) is 0.637. The minimum atomic E-state index is 0. The van der Waals surface area contributed by atoms with Crippen LogP contribution in [0.4, 0.5) is 0 Å². The molecule has 2 nitrogen and oxygen atoms in total. The van der Waals surface area contributed by atoms with Gasteiger partial charge in [0.2, 0.25) is 0 Å². The van der Waals surface area contributed by atoms with Gasteiger partial charge in [-0.3, -0.25) is 0 Å². The second-order valence-corrected chi connectivity index (χ2v) is 1.95. The molecular weight excluding hydrogens is 171 g/mol. The van der Waals surface area contributed by atoms with Gasteiger partial charge in [0, 0.05) is 0 Å². The molecule has 0 unspecified atom stereocenters. The number of nitrogens with one attached hydrogen (secondary N) is 1. The molecule has 66 valence electrons. The van der Waals surface area contributed by atoms with E-state index in [-0.39, 0.29) is 24.8 Å². The monoisotopic (exact) mass is 188 g/mol. The van der Waals surface area contributed by atoms with E-state index >= 15 is 0 Å². The van der Waals surface area contributed by atoms with Crippen LogP contribution in [0, 0.1) is 0 Å². The summed E-state index contributed by atoms with van der Waals surface area (Å²) in [5, 5.41) is 3.09. The van der Waals surface area contributed by atoms with Gasteiger partial charge in [-0.1, -0.05) is 6.42 Å². The molecule has 0 saturated carbocycles. The Labute approximate surface area is 75.8 Å². The van der Waals surface area contributed by atoms with E-state index in [0.29, 0.717) is 0 Å². The molecule has 0 aliphatic carbocycles. The summed E-state index contributed by atoms with van der Waals surface area (Å²) >= 11 is 0. The summed E-state index contributed by atoms with van der Waals surface area (Å²) < 4.78 is 0. The molecular formula is C6H18Cl2N2. The first-order valence-corrected chi connectivity index (χ1v) is 3.26. The van der Waals surface area contributed by atoms with E-state index in [9.17, 15) is 0 Å². The van der Waals surface area contributed by atoms with Gasteiger partial charge in [0.05, 0.1) is 0 Å². The summed E-state index contributed by atoms with van der Waals surface area (Å²) in [6, 6.07) is 0. The van der Waals surface area contributed by atoms with E-state index in [1.807, 2.05) is 7.05 Å². The Morgan fingerprint density at radius 2 is 1.70 bits per heavy atom. The molecule has 0 aromatic heterocycles. The van der Waals surface area contributed by atoms with E-state index in [4.69, 9.17) is 5.73 Å². The molecule has 0 radical (unpaired) electrons. The first-order chi connectivity index (χ1) is 3.91. The van der Waals surface area contributed by atoms with Gasteiger partial charge in [0.15, 0.2) is 0 Å². The van der Waals surface area contributed by atoms with Gasteiger partial charge in [-0.25, -0.2) is 0 Å². The fourth-order valence-electron chi connectivity index (χ4n) is 0.623. The SMILES string of the molecule is CNCCCCCN.Cl.Cl. The highest BCUT2D eigenvalue weighted by atomic mass is 35.5. The Bertz CT molecular complexity index is 38.7. The van der Waals surface area contributed by atoms with Crippen molar-refractivity contribution in [2.75, 3.05) is 20.1 Å². The third-order valence-electron chi connectivity index (χ3n) is 1.13. The van der Waals surface area contributed by atoms with Crippen molar-refractivity contribution in [3.63, 3.8) is 0 Å². The summed E-state index contributed by atoms with van der Waals surface area (Å²) in [5.41, 5.74) is 5.29. The molecule has 3 N–H and O–H groups in total. The van der Waals surface area contributed by atoms with Crippen molar-refractivity contribution in [1.29, 1.82) is 0 Å². The maximum Gasteiger partial charge on any atom is -0.00519 e. The van der Waals surface area contributed by atoms with Crippen molar-refractivity contribution in [3.8, 4) is 0 Å². The molecule has 0 saturated heterocycles. The van der Waals surface area contributed by atoms with Crippen LogP contribution in [0.25, 0.3) is 0 Å². The molecule has 10 heavy (non-hydrogen) atoms. The smallest absolute Gasteiger partial charge is 0.00519 e. The highest BCUT2D eigenvalue weighted by Crippen LogP contribution is 1.89. The molecule has 0 amide bonds. The molecule has 0 fully saturated rings. The Morgan fingerprint density at radius 3 is 2.10 bits per heavy atom. The van der Waals surface area contributed by atoms with E-state index < -0.39 is 0 Å². The number of rotatable bonds is 5. The van der Waals surface area contributed by atoms with Crippen molar-refractivity contribution < 1.29 is 0 Å². The summed E-state index contributed by atoms with van der Waals surface area (Å²) in [6.07, 6.45) is 3.69. The van der Waals surface area contributed by atoms with Gasteiger partial charge in [0.1, 0.15) is 0 Å². The van der Waals surface area contributed by atoms with Gasteiger partial charge in [0.25, 0.3) is 0 Å². The second-order valence-electron chi connectivity index (χ2n) is 1.95. The molecule has 0 aliphatic heterocycles. The lowest BCUT2D eigenvalue weighted by Gasteiger charge is -1.95. The number of hydrogen-bond donors (Lipinski definition) is 2. The zero-order valence-corrected chi connectivity index (χ0v) is 8.06. The number of hydrogen-bond acceptors (Lipinski definition) is 2. The molecule has 0 heterocycles. The van der Waals surface area contributed by atoms with Crippen LogP contribution in [0.1, 0.15) is 19.3 Å². The average Bonchev–Trinajstić information content (AvgIpc) is 1.81. The van der Waals surface area contributed by atoms with Gasteiger partial charge in [-0.15, -0.1) is 24.8 Å². The van der Waals surface area contributed by atoms with Crippen LogP contribution in [-0.2, 0) is 0 Å². The first kappa shape index (κ1) is 16.8. The summed E-state index contributed by atoms with van der Waals surface area (Å²) in [5.74, 6) is 0. The summed E-state index contributed by atoms with van der Waals surface area (Å²) in [4.78, 5) is 0. The molecule has 0 bridgehead atoms. The van der Waals surface area contributed by atoms with Crippen molar-refractivity contribution in [2.24, 2.45) is 5.73 Å². The Hall–Kier alpha value is 0.500. The molecule has 0 atom stereocenters. The molecule has 0 spiro atoms. The Morgan fingerprint density at radius 1 is 1.10 bits per heavy atom. The Kier molecular flexibility index (Phi) is 27.4. The fourth-order valence-corrected chi connectivity index (χ4v) is 0.623. The third kappa shape index (κ3) is 15.8. The largest absolute Gasteiger partial charge is 0.330 e. The van der Waals surface area contributed by atoms with Crippen LogP contribution >= 0.6 is 24.8 Å². The van der Waals surface area contributed by atoms with Crippen molar-refractivity contribution in [3.05, 3.63) is 0 Å². The zero-order chi connectivity index (χ0) is 6.24. The highest BCUT2D eigenvalue weighted by molar-refractivity contribution is 5.85. The van der Waals surface area contributed by atoms with Crippen LogP contribution in [0.15, 0.2) is 0 Å². The number of halogens is 2. The summed E-state index contributed by atoms with van der Waals surface area (Å²) in [6.45, 7) is 1.96. The average molecular weight is 189 g/mol. The van der Waals surface area contributed by atoms with E-state index in [1.165, 1.54) is 19.3 Å². The lowest BCUT2D eigenvalue weighted by Crippen LogP contribution is -2.08. The lowest BCUT2D eigenvalue weighted by atomic mass is 10.2. The van der Waals surface area contributed by atoms with Gasteiger partial charge < -0.3 is 11.1 Å². The standard InChI is InChI=1S/C6H16N2.2ClH/c1-8-6-4-2-3-5-7;;/h8H,2-7H2,1H3;2*1H. The predicted octanol–water partition coefficient (Wildman–Crippen LogP) is 1.18. The lowest BCUT2D eigenvalue weighted by molar-refractivity contribution is 0.648. The van der Waals surface area contributed by atoms with Crippen LogP contribution in [-0.4, -0.2) is 20.1 Å². The summed E-state index contributed by atoms with van der Waals surface area (Å²) in [7, 11) is 1.97. The van der Waals surface area contributed by atoms with E-state index in [2.05, 4.69) is 5.32 Å². The molecule has 0 rings (SSSR count). The zero-order valence-electron chi connectivity index (χ0n) is 6.43. The minimum absolute atomic E-state index is 0. The first-order valence-electron chi connectivity index (χ1n) is 3.26. The second kappa shape index (κ2) is 16.2. The third-order valence-corrected chi connectivity index (χ3v) is 1.13. The molecule has 0 aromatic carbocycles. The normalized spacial score (nSPS) is 7.80. The van der Waals surface area contributed by atoms with E-state index in [0.717, 1.165) is 13.1 Å². The Balaban J connectivity index is -0.000000245. The van der Waals surface area contributed by atoms with Crippen LogP contribution in [0.3, 0.4) is 0 Å². The number of unbranched alkanes of at least 4 members (excludes halogenated alkanes) is 2. The van der Waals surface area contributed by atoms with Crippen LogP contribution in [0.5, 0.6) is 0 Å². The maximum atomic E-state index is 5.29.